The number of aryl methyl sites for hydroxylation is 1. The highest BCUT2D eigenvalue weighted by molar-refractivity contribution is 7.86. The Labute approximate surface area is 62.4 Å². The van der Waals surface area contributed by atoms with E-state index in [-0.39, 0.29) is 4.90 Å². The first kappa shape index (κ1) is 7.64. The number of aromatic nitrogens is 1. The highest BCUT2D eigenvalue weighted by Gasteiger charge is 2.13. The zero-order valence-corrected chi connectivity index (χ0v) is 6.74. The molecule has 0 aliphatic carbocycles. The fourth-order valence-corrected chi connectivity index (χ4v) is 2.04. The van der Waals surface area contributed by atoms with Gasteiger partial charge in [-0.3, -0.25) is 4.55 Å². The lowest BCUT2D eigenvalue weighted by Crippen LogP contribution is -1.96. The molecule has 0 aromatic carbocycles. The van der Waals surface area contributed by atoms with Gasteiger partial charge in [-0.05, 0) is 18.5 Å². The van der Waals surface area contributed by atoms with E-state index in [1.807, 2.05) is 0 Å². The summed E-state index contributed by atoms with van der Waals surface area (Å²) in [5.74, 6) is 0. The van der Waals surface area contributed by atoms with Gasteiger partial charge < -0.3 is 0 Å². The number of rotatable bonds is 1. The molecule has 0 radical (unpaired) electrons. The fourth-order valence-electron chi connectivity index (χ4n) is 0.537. The summed E-state index contributed by atoms with van der Waals surface area (Å²) in [6.45, 7) is 1.58. The lowest BCUT2D eigenvalue weighted by molar-refractivity contribution is 0.483. The van der Waals surface area contributed by atoms with Gasteiger partial charge in [0.05, 0.1) is 6.20 Å². The second-order valence-corrected chi connectivity index (χ2v) is 4.12. The van der Waals surface area contributed by atoms with Gasteiger partial charge in [-0.25, -0.2) is 0 Å². The van der Waals surface area contributed by atoms with Crippen LogP contribution in [0.25, 0.3) is 0 Å². The van der Waals surface area contributed by atoms with E-state index in [0.717, 1.165) is 17.7 Å². The Bertz CT molecular complexity index is 326. The smallest absolute Gasteiger partial charge is 0.282 e. The van der Waals surface area contributed by atoms with Crippen LogP contribution in [0.5, 0.6) is 0 Å². The average Bonchev–Trinajstić information content (AvgIpc) is 2.11. The Morgan fingerprint density at radius 2 is 2.30 bits per heavy atom. The molecule has 0 atom stereocenters. The van der Waals surface area contributed by atoms with E-state index in [0.29, 0.717) is 4.88 Å². The van der Waals surface area contributed by atoms with E-state index in [1.165, 1.54) is 0 Å². The summed E-state index contributed by atoms with van der Waals surface area (Å²) < 4.78 is 33.0. The molecule has 1 rings (SSSR count). The van der Waals surface area contributed by atoms with Crippen LogP contribution in [0.15, 0.2) is 11.1 Å². The van der Waals surface area contributed by atoms with Gasteiger partial charge in [0.1, 0.15) is 4.90 Å². The van der Waals surface area contributed by atoms with Crippen molar-refractivity contribution in [2.45, 2.75) is 11.8 Å². The third-order valence-electron chi connectivity index (χ3n) is 0.984. The summed E-state index contributed by atoms with van der Waals surface area (Å²) in [6.07, 6.45) is 1.13. The minimum Gasteiger partial charge on any atom is -0.282 e. The predicted molar refractivity (Wildman–Crippen MR) is 36.7 cm³/mol. The Morgan fingerprint density at radius 3 is 2.50 bits per heavy atom. The van der Waals surface area contributed by atoms with Crippen LogP contribution in [-0.2, 0) is 10.1 Å². The lowest BCUT2D eigenvalue weighted by Gasteiger charge is -1.89. The molecule has 56 valence electrons. The lowest BCUT2D eigenvalue weighted by atomic mass is 10.6. The van der Waals surface area contributed by atoms with Crippen LogP contribution < -0.4 is 0 Å². The minimum atomic E-state index is -4.04. The maximum Gasteiger partial charge on any atom is 0.297 e. The molecule has 0 fully saturated rings. The van der Waals surface area contributed by atoms with Crippen molar-refractivity contribution in [3.63, 3.8) is 0 Å². The number of hydrogen-bond acceptors (Lipinski definition) is 4. The van der Waals surface area contributed by atoms with E-state index >= 15 is 0 Å². The highest BCUT2D eigenvalue weighted by Crippen LogP contribution is 2.16. The molecule has 0 unspecified atom stereocenters. The minimum absolute atomic E-state index is 0.0995. The van der Waals surface area contributed by atoms with Crippen molar-refractivity contribution in [1.82, 2.24) is 4.37 Å². The Hall–Kier alpha value is -0.460. The second-order valence-electron chi connectivity index (χ2n) is 1.72. The van der Waals surface area contributed by atoms with Gasteiger partial charge in [0.25, 0.3) is 10.1 Å². The van der Waals surface area contributed by atoms with Crippen molar-refractivity contribution in [2.75, 3.05) is 0 Å². The first-order chi connectivity index (χ1) is 4.52. The van der Waals surface area contributed by atoms with Gasteiger partial charge >= 0.3 is 0 Å². The van der Waals surface area contributed by atoms with Crippen molar-refractivity contribution < 1.29 is 13.0 Å². The molecule has 0 saturated heterocycles. The summed E-state index contributed by atoms with van der Waals surface area (Å²) in [5.41, 5.74) is 0. The quantitative estimate of drug-likeness (QED) is 0.644. The normalized spacial score (nSPS) is 11.8. The van der Waals surface area contributed by atoms with Gasteiger partial charge in [-0.1, -0.05) is 0 Å². The maximum atomic E-state index is 10.4. The number of nitrogens with zero attached hydrogens (tertiary/aromatic N) is 1. The zero-order chi connectivity index (χ0) is 7.78. The van der Waals surface area contributed by atoms with Crippen LogP contribution in [0.3, 0.4) is 0 Å². The third kappa shape index (κ3) is 1.34. The largest absolute Gasteiger partial charge is 0.297 e. The van der Waals surface area contributed by atoms with E-state index in [9.17, 15) is 8.42 Å². The SMILES string of the molecule is Cc1sncc1S(=O)(=O)O. The molecule has 0 aliphatic rings. The van der Waals surface area contributed by atoms with Crippen molar-refractivity contribution in [2.24, 2.45) is 0 Å². The average molecular weight is 179 g/mol. The summed E-state index contributed by atoms with van der Waals surface area (Å²) in [4.78, 5) is 0.403. The summed E-state index contributed by atoms with van der Waals surface area (Å²) in [7, 11) is -4.04. The van der Waals surface area contributed by atoms with E-state index in [4.69, 9.17) is 4.55 Å². The molecule has 4 nitrogen and oxygen atoms in total. The van der Waals surface area contributed by atoms with Gasteiger partial charge in [-0.15, -0.1) is 0 Å². The van der Waals surface area contributed by atoms with E-state index in [2.05, 4.69) is 4.37 Å². The Kier molecular flexibility index (Phi) is 1.76. The fraction of sp³-hybridized carbons (Fsp3) is 0.250. The first-order valence-electron chi connectivity index (χ1n) is 2.40. The molecule has 0 bridgehead atoms. The summed E-state index contributed by atoms with van der Waals surface area (Å²) in [6, 6.07) is 0. The summed E-state index contributed by atoms with van der Waals surface area (Å²) >= 11 is 1.04. The van der Waals surface area contributed by atoms with Crippen molar-refractivity contribution in [3.8, 4) is 0 Å². The van der Waals surface area contributed by atoms with Gasteiger partial charge in [0.2, 0.25) is 0 Å². The predicted octanol–water partition coefficient (Wildman–Crippen LogP) is 0.698. The molecular formula is C4H5NO3S2. The number of hydrogen-bond donors (Lipinski definition) is 1. The van der Waals surface area contributed by atoms with Crippen LogP contribution in [0.2, 0.25) is 0 Å². The molecule has 1 aromatic rings. The molecule has 10 heavy (non-hydrogen) atoms. The zero-order valence-electron chi connectivity index (χ0n) is 5.10. The Morgan fingerprint density at radius 1 is 1.70 bits per heavy atom. The van der Waals surface area contributed by atoms with Crippen LogP contribution in [-0.4, -0.2) is 17.3 Å². The first-order valence-corrected chi connectivity index (χ1v) is 4.62. The molecule has 0 saturated carbocycles. The molecule has 1 heterocycles. The molecule has 0 amide bonds. The molecule has 1 aromatic heterocycles. The van der Waals surface area contributed by atoms with Crippen LogP contribution in [0.1, 0.15) is 4.88 Å². The van der Waals surface area contributed by atoms with Crippen LogP contribution in [0.4, 0.5) is 0 Å². The molecular weight excluding hydrogens is 174 g/mol. The molecule has 0 aliphatic heterocycles. The van der Waals surface area contributed by atoms with Crippen LogP contribution in [0, 0.1) is 6.92 Å². The molecule has 0 spiro atoms. The van der Waals surface area contributed by atoms with Crippen LogP contribution >= 0.6 is 11.5 Å². The standard InChI is InChI=1S/C4H5NO3S2/c1-3-4(2-5-9-3)10(6,7)8/h2H,1H3,(H,6,7,8). The van der Waals surface area contributed by atoms with Crippen molar-refractivity contribution >= 4 is 21.7 Å². The maximum absolute atomic E-state index is 10.4. The Balaban J connectivity index is 3.32. The van der Waals surface area contributed by atoms with Crippen molar-refractivity contribution in [1.29, 1.82) is 0 Å². The van der Waals surface area contributed by atoms with E-state index in [1.54, 1.807) is 6.92 Å². The third-order valence-corrected chi connectivity index (χ3v) is 2.79. The van der Waals surface area contributed by atoms with E-state index < -0.39 is 10.1 Å². The van der Waals surface area contributed by atoms with Crippen molar-refractivity contribution in [3.05, 3.63) is 11.1 Å². The monoisotopic (exact) mass is 179 g/mol. The van der Waals surface area contributed by atoms with Gasteiger partial charge in [-0.2, -0.15) is 12.8 Å². The van der Waals surface area contributed by atoms with Gasteiger partial charge in [0, 0.05) is 4.88 Å². The molecule has 1 N–H and O–H groups in total. The molecule has 6 heteroatoms. The summed E-state index contributed by atoms with van der Waals surface area (Å²) in [5, 5.41) is 0. The van der Waals surface area contributed by atoms with Gasteiger partial charge in [0.15, 0.2) is 0 Å². The highest BCUT2D eigenvalue weighted by atomic mass is 32.2. The second kappa shape index (κ2) is 2.30. The topological polar surface area (TPSA) is 67.3 Å².